The SMILES string of the molecule is CCCN(CC(F)(F)F)c1ccc(N)c(CC#N)c1. The highest BCUT2D eigenvalue weighted by Gasteiger charge is 2.30. The molecule has 0 amide bonds. The van der Waals surface area contributed by atoms with Crippen LogP contribution < -0.4 is 10.6 Å². The minimum absolute atomic E-state index is 0.0889. The second-order valence-electron chi connectivity index (χ2n) is 4.25. The molecule has 0 saturated carbocycles. The van der Waals surface area contributed by atoms with Crippen LogP contribution in [0.25, 0.3) is 0 Å². The first-order valence-corrected chi connectivity index (χ1v) is 5.94. The zero-order valence-corrected chi connectivity index (χ0v) is 10.7. The first-order chi connectivity index (χ1) is 8.87. The maximum Gasteiger partial charge on any atom is 0.405 e. The average molecular weight is 271 g/mol. The molecule has 0 heterocycles. The third kappa shape index (κ3) is 4.70. The number of nitriles is 1. The Labute approximate surface area is 110 Å². The number of nitrogens with two attached hydrogens (primary N) is 1. The Kier molecular flexibility index (Phi) is 5.04. The molecule has 0 saturated heterocycles. The van der Waals surface area contributed by atoms with Gasteiger partial charge in [-0.05, 0) is 30.2 Å². The van der Waals surface area contributed by atoms with E-state index < -0.39 is 12.7 Å². The molecule has 0 aliphatic heterocycles. The molecule has 3 nitrogen and oxygen atoms in total. The van der Waals surface area contributed by atoms with Crippen molar-refractivity contribution in [2.24, 2.45) is 0 Å². The molecule has 1 rings (SSSR count). The molecule has 0 aliphatic rings. The highest BCUT2D eigenvalue weighted by Crippen LogP contribution is 2.25. The van der Waals surface area contributed by atoms with E-state index in [-0.39, 0.29) is 6.42 Å². The summed E-state index contributed by atoms with van der Waals surface area (Å²) in [6.45, 7) is 1.11. The van der Waals surface area contributed by atoms with Gasteiger partial charge in [-0.3, -0.25) is 0 Å². The fourth-order valence-corrected chi connectivity index (χ4v) is 1.81. The van der Waals surface area contributed by atoms with Crippen LogP contribution in [0, 0.1) is 11.3 Å². The summed E-state index contributed by atoms with van der Waals surface area (Å²) < 4.78 is 37.6. The molecule has 0 unspecified atom stereocenters. The molecule has 1 aromatic rings. The first-order valence-electron chi connectivity index (χ1n) is 5.94. The normalized spacial score (nSPS) is 11.1. The van der Waals surface area contributed by atoms with Gasteiger partial charge < -0.3 is 10.6 Å². The smallest absolute Gasteiger partial charge is 0.398 e. The van der Waals surface area contributed by atoms with Gasteiger partial charge in [0, 0.05) is 17.9 Å². The second-order valence-corrected chi connectivity index (χ2v) is 4.25. The summed E-state index contributed by atoms with van der Waals surface area (Å²) in [5, 5.41) is 8.66. The molecule has 104 valence electrons. The lowest BCUT2D eigenvalue weighted by Gasteiger charge is -2.26. The third-order valence-electron chi connectivity index (χ3n) is 2.62. The minimum atomic E-state index is -4.26. The number of hydrogen-bond donors (Lipinski definition) is 1. The second kappa shape index (κ2) is 6.32. The van der Waals surface area contributed by atoms with Gasteiger partial charge in [0.25, 0.3) is 0 Å². The average Bonchev–Trinajstić information content (AvgIpc) is 2.30. The monoisotopic (exact) mass is 271 g/mol. The Hall–Kier alpha value is -1.90. The van der Waals surface area contributed by atoms with Crippen LogP contribution in [0.15, 0.2) is 18.2 Å². The molecule has 0 fully saturated rings. The number of benzene rings is 1. The maximum atomic E-state index is 12.5. The third-order valence-corrected chi connectivity index (χ3v) is 2.62. The number of nitrogens with zero attached hydrogens (tertiary/aromatic N) is 2. The van der Waals surface area contributed by atoms with Crippen molar-refractivity contribution in [2.45, 2.75) is 25.9 Å². The molecule has 19 heavy (non-hydrogen) atoms. The number of anilines is 2. The summed E-state index contributed by atoms with van der Waals surface area (Å²) in [6.07, 6.45) is -3.56. The Morgan fingerprint density at radius 2 is 2.05 bits per heavy atom. The lowest BCUT2D eigenvalue weighted by atomic mass is 10.1. The number of halogens is 3. The van der Waals surface area contributed by atoms with E-state index in [1.54, 1.807) is 18.2 Å². The summed E-state index contributed by atoms with van der Waals surface area (Å²) in [7, 11) is 0. The lowest BCUT2D eigenvalue weighted by molar-refractivity contribution is -0.119. The zero-order valence-electron chi connectivity index (χ0n) is 10.7. The molecule has 0 atom stereocenters. The first kappa shape index (κ1) is 15.2. The van der Waals surface area contributed by atoms with Crippen LogP contribution in [-0.2, 0) is 6.42 Å². The van der Waals surface area contributed by atoms with Crippen molar-refractivity contribution in [1.29, 1.82) is 5.26 Å². The number of alkyl halides is 3. The van der Waals surface area contributed by atoms with Gasteiger partial charge in [0.2, 0.25) is 0 Å². The summed E-state index contributed by atoms with van der Waals surface area (Å²) >= 11 is 0. The maximum absolute atomic E-state index is 12.5. The molecule has 1 aromatic carbocycles. The number of nitrogen functional groups attached to an aromatic ring is 1. The summed E-state index contributed by atoms with van der Waals surface area (Å²) in [4.78, 5) is 1.25. The van der Waals surface area contributed by atoms with Gasteiger partial charge in [-0.15, -0.1) is 0 Å². The Bertz CT molecular complexity index is 463. The van der Waals surface area contributed by atoms with Crippen LogP contribution in [0.3, 0.4) is 0 Å². The van der Waals surface area contributed by atoms with Gasteiger partial charge in [-0.1, -0.05) is 6.92 Å². The highest BCUT2D eigenvalue weighted by atomic mass is 19.4. The van der Waals surface area contributed by atoms with Gasteiger partial charge in [0.15, 0.2) is 0 Å². The fourth-order valence-electron chi connectivity index (χ4n) is 1.81. The van der Waals surface area contributed by atoms with Gasteiger partial charge >= 0.3 is 6.18 Å². The van der Waals surface area contributed by atoms with Crippen LogP contribution in [0.2, 0.25) is 0 Å². The van der Waals surface area contributed by atoms with Crippen molar-refractivity contribution < 1.29 is 13.2 Å². The molecular weight excluding hydrogens is 255 g/mol. The predicted molar refractivity (Wildman–Crippen MR) is 68.7 cm³/mol. The minimum Gasteiger partial charge on any atom is -0.398 e. The van der Waals surface area contributed by atoms with Crippen LogP contribution in [0.4, 0.5) is 24.5 Å². The van der Waals surface area contributed by atoms with Crippen molar-refractivity contribution in [1.82, 2.24) is 0 Å². The van der Waals surface area contributed by atoms with Crippen molar-refractivity contribution in [3.8, 4) is 6.07 Å². The molecule has 0 aliphatic carbocycles. The highest BCUT2D eigenvalue weighted by molar-refractivity contribution is 5.59. The predicted octanol–water partition coefficient (Wildman–Crippen LogP) is 3.11. The molecule has 6 heteroatoms. The summed E-state index contributed by atoms with van der Waals surface area (Å²) in [5.41, 5.74) is 7.11. The van der Waals surface area contributed by atoms with E-state index in [1.807, 2.05) is 13.0 Å². The van der Waals surface area contributed by atoms with E-state index in [1.165, 1.54) is 4.90 Å². The lowest BCUT2D eigenvalue weighted by Crippen LogP contribution is -2.34. The van der Waals surface area contributed by atoms with Crippen LogP contribution in [-0.4, -0.2) is 19.3 Å². The zero-order chi connectivity index (χ0) is 14.5. The molecule has 2 N–H and O–H groups in total. The van der Waals surface area contributed by atoms with E-state index >= 15 is 0 Å². The topological polar surface area (TPSA) is 53.0 Å². The van der Waals surface area contributed by atoms with Crippen LogP contribution in [0.5, 0.6) is 0 Å². The van der Waals surface area contributed by atoms with Crippen molar-refractivity contribution in [3.05, 3.63) is 23.8 Å². The largest absolute Gasteiger partial charge is 0.405 e. The van der Waals surface area contributed by atoms with Gasteiger partial charge in [0.05, 0.1) is 12.5 Å². The standard InChI is InChI=1S/C13H16F3N3/c1-2-7-19(9-13(14,15)16)11-3-4-12(18)10(8-11)5-6-17/h3-4,8H,2,5,7,9,18H2,1H3. The van der Waals surface area contributed by atoms with Crippen molar-refractivity contribution in [2.75, 3.05) is 23.7 Å². The van der Waals surface area contributed by atoms with E-state index in [0.29, 0.717) is 29.9 Å². The Morgan fingerprint density at radius 3 is 2.58 bits per heavy atom. The van der Waals surface area contributed by atoms with Crippen LogP contribution >= 0.6 is 0 Å². The summed E-state index contributed by atoms with van der Waals surface area (Å²) in [5.74, 6) is 0. The van der Waals surface area contributed by atoms with Gasteiger partial charge in [0.1, 0.15) is 6.54 Å². The number of rotatable bonds is 5. The van der Waals surface area contributed by atoms with Crippen molar-refractivity contribution in [3.63, 3.8) is 0 Å². The molecule has 0 aromatic heterocycles. The fraction of sp³-hybridized carbons (Fsp3) is 0.462. The molecule has 0 radical (unpaired) electrons. The van der Waals surface area contributed by atoms with E-state index in [9.17, 15) is 13.2 Å². The number of hydrogen-bond acceptors (Lipinski definition) is 3. The molecular formula is C13H16F3N3. The van der Waals surface area contributed by atoms with E-state index in [4.69, 9.17) is 11.0 Å². The Morgan fingerprint density at radius 1 is 1.37 bits per heavy atom. The quantitative estimate of drug-likeness (QED) is 0.837. The van der Waals surface area contributed by atoms with Crippen LogP contribution in [0.1, 0.15) is 18.9 Å². The summed E-state index contributed by atoms with van der Waals surface area (Å²) in [6, 6.07) is 6.60. The molecule has 0 spiro atoms. The van der Waals surface area contributed by atoms with E-state index in [2.05, 4.69) is 0 Å². The van der Waals surface area contributed by atoms with E-state index in [0.717, 1.165) is 0 Å². The molecule has 0 bridgehead atoms. The van der Waals surface area contributed by atoms with Gasteiger partial charge in [-0.2, -0.15) is 18.4 Å². The van der Waals surface area contributed by atoms with Gasteiger partial charge in [-0.25, -0.2) is 0 Å². The van der Waals surface area contributed by atoms with Crippen molar-refractivity contribution >= 4 is 11.4 Å². The Balaban J connectivity index is 3.02.